The highest BCUT2D eigenvalue weighted by molar-refractivity contribution is 6.14. The van der Waals surface area contributed by atoms with Crippen molar-refractivity contribution >= 4 is 55.2 Å². The van der Waals surface area contributed by atoms with Crippen LogP contribution in [0.1, 0.15) is 25.2 Å². The first-order valence-corrected chi connectivity index (χ1v) is 17.9. The van der Waals surface area contributed by atoms with Gasteiger partial charge in [-0.3, -0.25) is 0 Å². The first-order valence-electron chi connectivity index (χ1n) is 17.9. The van der Waals surface area contributed by atoms with Gasteiger partial charge in [-0.05, 0) is 89.6 Å². The van der Waals surface area contributed by atoms with Crippen LogP contribution < -0.4 is 0 Å². The van der Waals surface area contributed by atoms with Gasteiger partial charge >= 0.3 is 0 Å². The van der Waals surface area contributed by atoms with E-state index >= 15 is 0 Å². The third-order valence-corrected chi connectivity index (χ3v) is 9.77. The van der Waals surface area contributed by atoms with Crippen LogP contribution in [0.25, 0.3) is 100 Å². The second kappa shape index (κ2) is 13.9. The molecule has 1 aromatic heterocycles. The Labute approximate surface area is 305 Å². The van der Waals surface area contributed by atoms with E-state index in [-0.39, 0.29) is 0 Å². The lowest BCUT2D eigenvalue weighted by molar-refractivity contribution is 1.17. The minimum atomic E-state index is 0.710. The van der Waals surface area contributed by atoms with E-state index in [4.69, 9.17) is 9.97 Å². The van der Waals surface area contributed by atoms with E-state index < -0.39 is 0 Å². The Kier molecular flexibility index (Phi) is 8.73. The predicted octanol–water partition coefficient (Wildman–Crippen LogP) is 14.1. The smallest absolute Gasteiger partial charge is 0.0973 e. The fourth-order valence-electron chi connectivity index (χ4n) is 7.40. The summed E-state index contributed by atoms with van der Waals surface area (Å²) in [5.41, 5.74) is 9.81. The zero-order valence-corrected chi connectivity index (χ0v) is 29.5. The number of hydrogen-bond donors (Lipinski definition) is 0. The van der Waals surface area contributed by atoms with Gasteiger partial charge in [-0.25, -0.2) is 9.97 Å². The molecule has 0 radical (unpaired) electrons. The third kappa shape index (κ3) is 5.65. The lowest BCUT2D eigenvalue weighted by Gasteiger charge is -2.15. The van der Waals surface area contributed by atoms with Crippen molar-refractivity contribution in [2.24, 2.45) is 0 Å². The number of hydrogen-bond acceptors (Lipinski definition) is 2. The molecule has 0 amide bonds. The molecular formula is C50H38N2. The number of benzene rings is 8. The molecule has 8 aromatic carbocycles. The van der Waals surface area contributed by atoms with Gasteiger partial charge in [0.25, 0.3) is 0 Å². The van der Waals surface area contributed by atoms with Gasteiger partial charge in [-0.2, -0.15) is 0 Å². The summed E-state index contributed by atoms with van der Waals surface area (Å²) in [5.74, 6) is 0. The summed E-state index contributed by atoms with van der Waals surface area (Å²) in [6.45, 7) is 12.1. The Hall–Kier alpha value is -6.64. The zero-order chi connectivity index (χ0) is 35.6. The number of aromatic nitrogens is 2. The summed E-state index contributed by atoms with van der Waals surface area (Å²) in [7, 11) is 0. The Morgan fingerprint density at radius 2 is 0.635 bits per heavy atom. The average molecular weight is 667 g/mol. The molecule has 0 fully saturated rings. The monoisotopic (exact) mass is 666 g/mol. The Morgan fingerprint density at radius 1 is 0.365 bits per heavy atom. The summed E-state index contributed by atoms with van der Waals surface area (Å²) in [4.78, 5) is 10.2. The fraction of sp³-hybridized carbons (Fsp3) is 0.0400. The number of nitrogens with zero attached hydrogens (tertiary/aromatic N) is 2. The Morgan fingerprint density at radius 3 is 0.923 bits per heavy atom. The van der Waals surface area contributed by atoms with Crippen LogP contribution in [-0.4, -0.2) is 9.97 Å². The average Bonchev–Trinajstić information content (AvgIpc) is 3.22. The molecule has 0 aliphatic rings. The second-order valence-corrected chi connectivity index (χ2v) is 12.6. The molecule has 0 unspecified atom stereocenters. The molecule has 0 aliphatic heterocycles. The topological polar surface area (TPSA) is 25.8 Å². The predicted molar refractivity (Wildman–Crippen MR) is 225 cm³/mol. The Bertz CT molecular complexity index is 2470. The van der Waals surface area contributed by atoms with Crippen LogP contribution in [0.5, 0.6) is 0 Å². The van der Waals surface area contributed by atoms with Gasteiger partial charge < -0.3 is 0 Å². The van der Waals surface area contributed by atoms with E-state index in [1.54, 1.807) is 12.2 Å². The van der Waals surface area contributed by atoms with E-state index in [9.17, 15) is 0 Å². The second-order valence-electron chi connectivity index (χ2n) is 12.6. The van der Waals surface area contributed by atoms with Crippen molar-refractivity contribution in [3.8, 4) is 44.8 Å². The molecule has 9 rings (SSSR count). The molecule has 0 saturated heterocycles. The standard InChI is InChI=1S/C48H32N2.C2H6/c1-3-43-44(4-2)50-48(34-27-23-32(24-28-34)46-41-19-11-7-15-37(41)30-38-16-8-12-20-42(38)46)47(49-43)33-25-21-31(22-26-33)45-39-17-9-5-13-35(39)29-36-14-6-10-18-40(36)45;1-2/h3-30H,1-2H2;1-2H3. The molecule has 0 aliphatic carbocycles. The lowest BCUT2D eigenvalue weighted by Crippen LogP contribution is -2.00. The molecule has 2 nitrogen and oxygen atoms in total. The molecule has 0 spiro atoms. The van der Waals surface area contributed by atoms with Crippen molar-refractivity contribution in [1.29, 1.82) is 0 Å². The van der Waals surface area contributed by atoms with E-state index in [0.29, 0.717) is 11.4 Å². The molecule has 52 heavy (non-hydrogen) atoms. The third-order valence-electron chi connectivity index (χ3n) is 9.77. The van der Waals surface area contributed by atoms with E-state index in [2.05, 4.69) is 171 Å². The van der Waals surface area contributed by atoms with Crippen molar-refractivity contribution in [2.75, 3.05) is 0 Å². The van der Waals surface area contributed by atoms with Gasteiger partial charge in [0.1, 0.15) is 0 Å². The van der Waals surface area contributed by atoms with Gasteiger partial charge in [0.15, 0.2) is 0 Å². The van der Waals surface area contributed by atoms with Crippen molar-refractivity contribution < 1.29 is 0 Å². The molecule has 9 aromatic rings. The first kappa shape index (κ1) is 32.6. The highest BCUT2D eigenvalue weighted by atomic mass is 14.8. The van der Waals surface area contributed by atoms with Crippen molar-refractivity contribution in [2.45, 2.75) is 13.8 Å². The van der Waals surface area contributed by atoms with Gasteiger partial charge in [0, 0.05) is 11.1 Å². The maximum atomic E-state index is 5.12. The first-order chi connectivity index (χ1) is 25.7. The highest BCUT2D eigenvalue weighted by Crippen LogP contribution is 2.40. The maximum Gasteiger partial charge on any atom is 0.0973 e. The summed E-state index contributed by atoms with van der Waals surface area (Å²) >= 11 is 0. The van der Waals surface area contributed by atoms with Crippen LogP contribution in [0.3, 0.4) is 0 Å². The van der Waals surface area contributed by atoms with Crippen LogP contribution in [0.15, 0.2) is 171 Å². The fourth-order valence-corrected chi connectivity index (χ4v) is 7.40. The molecule has 1 heterocycles. The largest absolute Gasteiger partial charge is 0.244 e. The summed E-state index contributed by atoms with van der Waals surface area (Å²) in [6, 6.07) is 56.5. The van der Waals surface area contributed by atoms with Crippen LogP contribution in [-0.2, 0) is 0 Å². The molecule has 2 heteroatoms. The summed E-state index contributed by atoms with van der Waals surface area (Å²) < 4.78 is 0. The molecule has 0 N–H and O–H groups in total. The zero-order valence-electron chi connectivity index (χ0n) is 29.5. The summed E-state index contributed by atoms with van der Waals surface area (Å²) in [5, 5.41) is 9.88. The molecule has 248 valence electrons. The van der Waals surface area contributed by atoms with E-state index in [0.717, 1.165) is 33.6 Å². The molecule has 0 saturated carbocycles. The maximum absolute atomic E-state index is 5.12. The van der Waals surface area contributed by atoms with Crippen LogP contribution >= 0.6 is 0 Å². The van der Waals surface area contributed by atoms with Crippen LogP contribution in [0.2, 0.25) is 0 Å². The minimum absolute atomic E-state index is 0.710. The SMILES string of the molecule is C=Cc1nc(-c2ccc(-c3c4ccccc4cc4ccccc34)cc2)c(-c2ccc(-c3c4ccccc4cc4ccccc34)cc2)nc1C=C.CC. The highest BCUT2D eigenvalue weighted by Gasteiger charge is 2.17. The van der Waals surface area contributed by atoms with Gasteiger partial charge in [-0.15, -0.1) is 0 Å². The van der Waals surface area contributed by atoms with Crippen LogP contribution in [0, 0.1) is 0 Å². The number of rotatable bonds is 6. The Balaban J connectivity index is 0.00000190. The molecule has 0 atom stereocenters. The molecule has 0 bridgehead atoms. The van der Waals surface area contributed by atoms with Gasteiger partial charge in [0.05, 0.1) is 22.8 Å². The van der Waals surface area contributed by atoms with Crippen molar-refractivity contribution in [3.63, 3.8) is 0 Å². The van der Waals surface area contributed by atoms with Crippen molar-refractivity contribution in [1.82, 2.24) is 9.97 Å². The van der Waals surface area contributed by atoms with Crippen LogP contribution in [0.4, 0.5) is 0 Å². The van der Waals surface area contributed by atoms with Gasteiger partial charge in [-0.1, -0.05) is 173 Å². The van der Waals surface area contributed by atoms with E-state index in [1.165, 1.54) is 54.2 Å². The quantitative estimate of drug-likeness (QED) is 0.165. The summed E-state index contributed by atoms with van der Waals surface area (Å²) in [6.07, 6.45) is 3.51. The molecular weight excluding hydrogens is 629 g/mol. The van der Waals surface area contributed by atoms with Gasteiger partial charge in [0.2, 0.25) is 0 Å². The lowest BCUT2D eigenvalue weighted by atomic mass is 9.90. The van der Waals surface area contributed by atoms with Crippen molar-refractivity contribution in [3.05, 3.63) is 182 Å². The minimum Gasteiger partial charge on any atom is -0.244 e. The van der Waals surface area contributed by atoms with E-state index in [1.807, 2.05) is 13.8 Å². The normalized spacial score (nSPS) is 11.0. The number of fused-ring (bicyclic) bond motifs is 4.